The van der Waals surface area contributed by atoms with E-state index in [1.165, 1.54) is 10.1 Å². The summed E-state index contributed by atoms with van der Waals surface area (Å²) in [6, 6.07) is 10.2. The summed E-state index contributed by atoms with van der Waals surface area (Å²) in [5.74, 6) is -0.896. The highest BCUT2D eigenvalue weighted by atomic mass is 16.4. The number of aryl methyl sites for hydroxylation is 1. The minimum absolute atomic E-state index is 0.301. The minimum Gasteiger partial charge on any atom is -0.406 e. The smallest absolute Gasteiger partial charge is 0.406 e. The van der Waals surface area contributed by atoms with Crippen LogP contribution in [0.5, 0.6) is 0 Å². The second-order valence-electron chi connectivity index (χ2n) is 5.28. The number of nitrogens with zero attached hydrogens (tertiary/aromatic N) is 2. The molecule has 2 heterocycles. The van der Waals surface area contributed by atoms with Gasteiger partial charge in [0.05, 0.1) is 0 Å². The van der Waals surface area contributed by atoms with E-state index >= 15 is 0 Å². The molecule has 1 atom stereocenters. The lowest BCUT2D eigenvalue weighted by molar-refractivity contribution is -0.118. The zero-order valence-corrected chi connectivity index (χ0v) is 12.9. The van der Waals surface area contributed by atoms with E-state index in [4.69, 9.17) is 4.42 Å². The number of carbonyl (C=O) groups is 1. The summed E-state index contributed by atoms with van der Waals surface area (Å²) in [6.07, 6.45) is 2.49. The van der Waals surface area contributed by atoms with Gasteiger partial charge in [0.2, 0.25) is 5.91 Å². The summed E-state index contributed by atoms with van der Waals surface area (Å²) in [5, 5.41) is 2.81. The maximum absolute atomic E-state index is 12.4. The Morgan fingerprint density at radius 2 is 2.04 bits per heavy atom. The highest BCUT2D eigenvalue weighted by Crippen LogP contribution is 2.17. The molecule has 6 heteroatoms. The molecule has 118 valence electrons. The Kier molecular flexibility index (Phi) is 3.97. The van der Waals surface area contributed by atoms with E-state index in [1.807, 2.05) is 24.3 Å². The maximum Gasteiger partial charge on any atom is 0.421 e. The van der Waals surface area contributed by atoms with Crippen LogP contribution in [0.1, 0.15) is 25.5 Å². The van der Waals surface area contributed by atoms with E-state index < -0.39 is 11.8 Å². The number of benzene rings is 1. The van der Waals surface area contributed by atoms with Gasteiger partial charge in [0, 0.05) is 11.9 Å². The standard InChI is InChI=1S/C17H17N3O3/c1-3-12-6-8-13(9-7-12)19-16(21)11(2)20-15-14(23-17(20)22)5-4-10-18-15/h4-11H,3H2,1-2H3,(H,19,21). The number of carbonyl (C=O) groups excluding carboxylic acids is 1. The molecular formula is C17H17N3O3. The van der Waals surface area contributed by atoms with Crippen molar-refractivity contribution in [3.63, 3.8) is 0 Å². The number of hydrogen-bond donors (Lipinski definition) is 1. The molecule has 1 unspecified atom stereocenters. The monoisotopic (exact) mass is 311 g/mol. The van der Waals surface area contributed by atoms with Gasteiger partial charge < -0.3 is 9.73 Å². The second kappa shape index (κ2) is 6.08. The van der Waals surface area contributed by atoms with Crippen LogP contribution in [0.25, 0.3) is 11.2 Å². The molecule has 0 spiro atoms. The van der Waals surface area contributed by atoms with E-state index in [-0.39, 0.29) is 5.91 Å². The molecule has 0 aliphatic heterocycles. The van der Waals surface area contributed by atoms with Crippen molar-refractivity contribution >= 4 is 22.8 Å². The highest BCUT2D eigenvalue weighted by Gasteiger charge is 2.22. The first kappa shape index (κ1) is 15.0. The summed E-state index contributed by atoms with van der Waals surface area (Å²) in [4.78, 5) is 28.5. The summed E-state index contributed by atoms with van der Waals surface area (Å²) < 4.78 is 6.37. The number of aromatic nitrogens is 2. The molecule has 6 nitrogen and oxygen atoms in total. The Balaban J connectivity index is 1.86. The lowest BCUT2D eigenvalue weighted by Gasteiger charge is -2.13. The molecule has 0 bridgehead atoms. The zero-order chi connectivity index (χ0) is 16.4. The number of nitrogens with one attached hydrogen (secondary N) is 1. The Morgan fingerprint density at radius 3 is 2.74 bits per heavy atom. The van der Waals surface area contributed by atoms with Crippen molar-refractivity contribution in [2.75, 3.05) is 5.32 Å². The molecular weight excluding hydrogens is 294 g/mol. The quantitative estimate of drug-likeness (QED) is 0.803. The van der Waals surface area contributed by atoms with Crippen molar-refractivity contribution < 1.29 is 9.21 Å². The normalized spacial score (nSPS) is 12.3. The maximum atomic E-state index is 12.4. The zero-order valence-electron chi connectivity index (χ0n) is 12.9. The minimum atomic E-state index is -0.732. The first-order valence-electron chi connectivity index (χ1n) is 7.46. The molecule has 1 aromatic carbocycles. The van der Waals surface area contributed by atoms with Gasteiger partial charge in [-0.1, -0.05) is 19.1 Å². The Bertz CT molecular complexity index is 893. The number of fused-ring (bicyclic) bond motifs is 1. The second-order valence-corrected chi connectivity index (χ2v) is 5.28. The molecule has 1 N–H and O–H groups in total. The fraction of sp³-hybridized carbons (Fsp3) is 0.235. The van der Waals surface area contributed by atoms with Gasteiger partial charge in [-0.3, -0.25) is 4.79 Å². The molecule has 0 saturated heterocycles. The van der Waals surface area contributed by atoms with Crippen LogP contribution in [0.15, 0.2) is 51.8 Å². The van der Waals surface area contributed by atoms with Gasteiger partial charge >= 0.3 is 5.76 Å². The third-order valence-corrected chi connectivity index (χ3v) is 3.77. The van der Waals surface area contributed by atoms with Crippen LogP contribution < -0.4 is 11.1 Å². The molecule has 0 aliphatic carbocycles. The number of amides is 1. The molecule has 3 rings (SSSR count). The summed E-state index contributed by atoms with van der Waals surface area (Å²) >= 11 is 0. The molecule has 23 heavy (non-hydrogen) atoms. The first-order valence-corrected chi connectivity index (χ1v) is 7.46. The van der Waals surface area contributed by atoms with Crippen molar-refractivity contribution in [2.24, 2.45) is 0 Å². The lowest BCUT2D eigenvalue weighted by Crippen LogP contribution is -2.29. The highest BCUT2D eigenvalue weighted by molar-refractivity contribution is 5.94. The number of rotatable bonds is 4. The van der Waals surface area contributed by atoms with Crippen LogP contribution in [0.2, 0.25) is 0 Å². The third-order valence-electron chi connectivity index (χ3n) is 3.77. The van der Waals surface area contributed by atoms with Crippen molar-refractivity contribution in [1.82, 2.24) is 9.55 Å². The summed E-state index contributed by atoms with van der Waals surface area (Å²) in [7, 11) is 0. The van der Waals surface area contributed by atoms with Crippen LogP contribution in [0.4, 0.5) is 5.69 Å². The van der Waals surface area contributed by atoms with Gasteiger partial charge in [-0.2, -0.15) is 0 Å². The largest absolute Gasteiger partial charge is 0.421 e. The molecule has 2 aromatic heterocycles. The first-order chi connectivity index (χ1) is 11.1. The fourth-order valence-corrected chi connectivity index (χ4v) is 2.40. The number of oxazole rings is 1. The van der Waals surface area contributed by atoms with Crippen molar-refractivity contribution in [3.05, 3.63) is 58.7 Å². The van der Waals surface area contributed by atoms with Gasteiger partial charge in [0.25, 0.3) is 0 Å². The lowest BCUT2D eigenvalue weighted by atomic mass is 10.1. The van der Waals surface area contributed by atoms with Gasteiger partial charge in [-0.15, -0.1) is 0 Å². The molecule has 1 amide bonds. The van der Waals surface area contributed by atoms with E-state index in [0.717, 1.165) is 6.42 Å². The molecule has 0 saturated carbocycles. The average molecular weight is 311 g/mol. The Hall–Kier alpha value is -2.89. The van der Waals surface area contributed by atoms with E-state index in [2.05, 4.69) is 17.2 Å². The molecule has 3 aromatic rings. The SMILES string of the molecule is CCc1ccc(NC(=O)C(C)n2c(=O)oc3cccnc32)cc1. The van der Waals surface area contributed by atoms with Crippen molar-refractivity contribution in [1.29, 1.82) is 0 Å². The van der Waals surface area contributed by atoms with Crippen molar-refractivity contribution in [3.8, 4) is 0 Å². The van der Waals surface area contributed by atoms with Crippen molar-refractivity contribution in [2.45, 2.75) is 26.3 Å². The molecule has 0 fully saturated rings. The molecule has 0 aliphatic rings. The van der Waals surface area contributed by atoms with Gasteiger partial charge in [0.15, 0.2) is 11.2 Å². The summed E-state index contributed by atoms with van der Waals surface area (Å²) in [6.45, 7) is 3.71. The fourth-order valence-electron chi connectivity index (χ4n) is 2.40. The van der Waals surface area contributed by atoms with Crippen LogP contribution >= 0.6 is 0 Å². The number of pyridine rings is 1. The number of hydrogen-bond acceptors (Lipinski definition) is 4. The van der Waals surface area contributed by atoms with Crippen LogP contribution in [0.3, 0.4) is 0 Å². The van der Waals surface area contributed by atoms with Crippen LogP contribution in [-0.2, 0) is 11.2 Å². The molecule has 0 radical (unpaired) electrons. The third kappa shape index (κ3) is 2.88. The van der Waals surface area contributed by atoms with Crippen LogP contribution in [-0.4, -0.2) is 15.5 Å². The predicted octanol–water partition coefficient (Wildman–Crippen LogP) is 2.75. The van der Waals surface area contributed by atoms with Gasteiger partial charge in [-0.25, -0.2) is 14.3 Å². The van der Waals surface area contributed by atoms with E-state index in [9.17, 15) is 9.59 Å². The van der Waals surface area contributed by atoms with E-state index in [0.29, 0.717) is 16.9 Å². The Morgan fingerprint density at radius 1 is 1.30 bits per heavy atom. The van der Waals surface area contributed by atoms with Gasteiger partial charge in [0.1, 0.15) is 6.04 Å². The predicted molar refractivity (Wildman–Crippen MR) is 87.4 cm³/mol. The average Bonchev–Trinajstić information content (AvgIpc) is 2.90. The Labute approximate surface area is 132 Å². The van der Waals surface area contributed by atoms with Gasteiger partial charge in [-0.05, 0) is 43.2 Å². The van der Waals surface area contributed by atoms with Crippen LogP contribution in [0, 0.1) is 0 Å². The summed E-state index contributed by atoms with van der Waals surface area (Å²) in [5.41, 5.74) is 2.61. The topological polar surface area (TPSA) is 77.1 Å². The number of anilines is 1. The van der Waals surface area contributed by atoms with E-state index in [1.54, 1.807) is 25.3 Å².